The number of amides is 1. The minimum atomic E-state index is -0.303. The molecule has 0 aliphatic heterocycles. The number of halogens is 1. The van der Waals surface area contributed by atoms with Crippen molar-refractivity contribution in [1.29, 1.82) is 0 Å². The van der Waals surface area contributed by atoms with Crippen molar-refractivity contribution in [1.82, 2.24) is 5.32 Å². The Labute approximate surface area is 106 Å². The predicted molar refractivity (Wildman–Crippen MR) is 69.0 cm³/mol. The molecule has 0 aliphatic carbocycles. The summed E-state index contributed by atoms with van der Waals surface area (Å²) in [7, 11) is 0. The molecule has 0 heterocycles. The maximum atomic E-state index is 11.9. The first-order valence-electron chi connectivity index (χ1n) is 5.42. The lowest BCUT2D eigenvalue weighted by molar-refractivity contribution is 0.0897. The van der Waals surface area contributed by atoms with E-state index < -0.39 is 0 Å². The van der Waals surface area contributed by atoms with Crippen LogP contribution < -0.4 is 11.1 Å². The van der Waals surface area contributed by atoms with E-state index in [-0.39, 0.29) is 24.5 Å². The fraction of sp³-hybridized carbons (Fsp3) is 0.417. The lowest BCUT2D eigenvalue weighted by atomic mass is 10.0. The zero-order valence-corrected chi connectivity index (χ0v) is 10.7. The monoisotopic (exact) mass is 256 g/mol. The number of aliphatic hydroxyl groups excluding tert-OH is 1. The second-order valence-corrected chi connectivity index (χ2v) is 4.65. The van der Waals surface area contributed by atoms with Crippen LogP contribution in [0.1, 0.15) is 24.2 Å². The maximum absolute atomic E-state index is 11.9. The molecular formula is C12H17ClN2O2. The van der Waals surface area contributed by atoms with Crippen molar-refractivity contribution in [2.24, 2.45) is 5.92 Å². The molecule has 0 saturated heterocycles. The van der Waals surface area contributed by atoms with Crippen molar-refractivity contribution in [2.75, 3.05) is 12.3 Å². The van der Waals surface area contributed by atoms with Gasteiger partial charge in [0.15, 0.2) is 0 Å². The average molecular weight is 257 g/mol. The Hall–Kier alpha value is -1.26. The van der Waals surface area contributed by atoms with Crippen LogP contribution in [0.25, 0.3) is 0 Å². The number of benzene rings is 1. The number of anilines is 1. The van der Waals surface area contributed by atoms with Gasteiger partial charge in [-0.2, -0.15) is 0 Å². The lowest BCUT2D eigenvalue weighted by Crippen LogP contribution is -2.41. The molecule has 1 aromatic carbocycles. The Morgan fingerprint density at radius 2 is 2.18 bits per heavy atom. The van der Waals surface area contributed by atoms with Gasteiger partial charge in [-0.05, 0) is 24.1 Å². The first kappa shape index (κ1) is 13.8. The molecule has 1 amide bonds. The number of hydrogen-bond donors (Lipinski definition) is 3. The van der Waals surface area contributed by atoms with E-state index in [0.29, 0.717) is 16.3 Å². The Morgan fingerprint density at radius 1 is 1.53 bits per heavy atom. The third kappa shape index (κ3) is 3.61. The van der Waals surface area contributed by atoms with Gasteiger partial charge in [-0.15, -0.1) is 0 Å². The topological polar surface area (TPSA) is 75.3 Å². The molecule has 0 aromatic heterocycles. The van der Waals surface area contributed by atoms with Gasteiger partial charge in [0.25, 0.3) is 5.91 Å². The summed E-state index contributed by atoms with van der Waals surface area (Å²) in [5, 5.41) is 12.2. The van der Waals surface area contributed by atoms with Gasteiger partial charge >= 0.3 is 0 Å². The van der Waals surface area contributed by atoms with E-state index in [9.17, 15) is 4.79 Å². The van der Waals surface area contributed by atoms with Crippen LogP contribution in [0.5, 0.6) is 0 Å². The summed E-state index contributed by atoms with van der Waals surface area (Å²) in [6, 6.07) is 4.43. The summed E-state index contributed by atoms with van der Waals surface area (Å²) in [6.45, 7) is 3.74. The van der Waals surface area contributed by atoms with Gasteiger partial charge in [0, 0.05) is 5.69 Å². The fourth-order valence-corrected chi connectivity index (χ4v) is 1.66. The van der Waals surface area contributed by atoms with Crippen molar-refractivity contribution < 1.29 is 9.90 Å². The quantitative estimate of drug-likeness (QED) is 0.718. The van der Waals surface area contributed by atoms with Gasteiger partial charge < -0.3 is 16.2 Å². The molecule has 0 fully saturated rings. The molecule has 0 bridgehead atoms. The Bertz CT molecular complexity index is 407. The van der Waals surface area contributed by atoms with E-state index in [4.69, 9.17) is 22.4 Å². The molecule has 0 aliphatic rings. The van der Waals surface area contributed by atoms with Crippen molar-refractivity contribution in [3.05, 3.63) is 28.8 Å². The second kappa shape index (κ2) is 5.89. The molecule has 17 heavy (non-hydrogen) atoms. The third-order valence-electron chi connectivity index (χ3n) is 2.56. The molecule has 4 N–H and O–H groups in total. The molecule has 5 heteroatoms. The Morgan fingerprint density at radius 3 is 2.65 bits per heavy atom. The third-order valence-corrected chi connectivity index (χ3v) is 2.87. The van der Waals surface area contributed by atoms with Gasteiger partial charge in [-0.25, -0.2) is 0 Å². The molecule has 4 nitrogen and oxygen atoms in total. The van der Waals surface area contributed by atoms with Crippen LogP contribution in [0, 0.1) is 5.92 Å². The molecule has 0 radical (unpaired) electrons. The minimum Gasteiger partial charge on any atom is -0.399 e. The molecule has 1 unspecified atom stereocenters. The van der Waals surface area contributed by atoms with Crippen LogP contribution in [0.4, 0.5) is 5.69 Å². The van der Waals surface area contributed by atoms with E-state index in [2.05, 4.69) is 5.32 Å². The first-order valence-corrected chi connectivity index (χ1v) is 5.80. The number of carbonyl (C=O) groups is 1. The summed E-state index contributed by atoms with van der Waals surface area (Å²) in [5.74, 6) is -0.153. The largest absolute Gasteiger partial charge is 0.399 e. The number of rotatable bonds is 4. The smallest absolute Gasteiger partial charge is 0.253 e. The first-order chi connectivity index (χ1) is 7.95. The zero-order valence-electron chi connectivity index (χ0n) is 9.90. The van der Waals surface area contributed by atoms with Crippen molar-refractivity contribution in [3.8, 4) is 0 Å². The van der Waals surface area contributed by atoms with Gasteiger partial charge in [0.2, 0.25) is 0 Å². The number of hydrogen-bond acceptors (Lipinski definition) is 3. The SMILES string of the molecule is CC(C)C(CO)NC(=O)c1ccc(N)cc1Cl. The summed E-state index contributed by atoms with van der Waals surface area (Å²) in [4.78, 5) is 11.9. The molecule has 1 atom stereocenters. The molecule has 94 valence electrons. The Balaban J connectivity index is 2.82. The number of aliphatic hydroxyl groups is 1. The molecule has 0 spiro atoms. The summed E-state index contributed by atoms with van der Waals surface area (Å²) in [5.41, 5.74) is 6.42. The van der Waals surface area contributed by atoms with Crippen LogP contribution in [0.3, 0.4) is 0 Å². The standard InChI is InChI=1S/C12H17ClN2O2/c1-7(2)11(6-16)15-12(17)9-4-3-8(14)5-10(9)13/h3-5,7,11,16H,6,14H2,1-2H3,(H,15,17). The summed E-state index contributed by atoms with van der Waals surface area (Å²) < 4.78 is 0. The number of carbonyl (C=O) groups excluding carboxylic acids is 1. The van der Waals surface area contributed by atoms with E-state index in [1.165, 1.54) is 6.07 Å². The van der Waals surface area contributed by atoms with Crippen LogP contribution in [0.15, 0.2) is 18.2 Å². The zero-order chi connectivity index (χ0) is 13.0. The second-order valence-electron chi connectivity index (χ2n) is 4.25. The van der Waals surface area contributed by atoms with Gasteiger partial charge in [0.1, 0.15) is 0 Å². The van der Waals surface area contributed by atoms with Crippen LogP contribution >= 0.6 is 11.6 Å². The molecular weight excluding hydrogens is 240 g/mol. The van der Waals surface area contributed by atoms with Crippen molar-refractivity contribution in [3.63, 3.8) is 0 Å². The molecule has 1 rings (SSSR count). The minimum absolute atomic E-state index is 0.101. The van der Waals surface area contributed by atoms with Gasteiger partial charge in [0.05, 0.1) is 23.2 Å². The highest BCUT2D eigenvalue weighted by atomic mass is 35.5. The van der Waals surface area contributed by atoms with Gasteiger partial charge in [-0.3, -0.25) is 4.79 Å². The van der Waals surface area contributed by atoms with Crippen LogP contribution in [-0.2, 0) is 0 Å². The van der Waals surface area contributed by atoms with Crippen molar-refractivity contribution >= 4 is 23.2 Å². The fourth-order valence-electron chi connectivity index (χ4n) is 1.38. The normalized spacial score (nSPS) is 12.5. The predicted octanol–water partition coefficient (Wildman–Crippen LogP) is 1.67. The number of nitrogens with one attached hydrogen (secondary N) is 1. The lowest BCUT2D eigenvalue weighted by Gasteiger charge is -2.20. The molecule has 0 saturated carbocycles. The number of nitrogens with two attached hydrogens (primary N) is 1. The highest BCUT2D eigenvalue weighted by Crippen LogP contribution is 2.19. The van der Waals surface area contributed by atoms with E-state index in [0.717, 1.165) is 0 Å². The van der Waals surface area contributed by atoms with E-state index in [1.54, 1.807) is 12.1 Å². The summed E-state index contributed by atoms with van der Waals surface area (Å²) in [6.07, 6.45) is 0. The number of nitrogen functional groups attached to an aromatic ring is 1. The summed E-state index contributed by atoms with van der Waals surface area (Å²) >= 11 is 5.93. The van der Waals surface area contributed by atoms with E-state index >= 15 is 0 Å². The van der Waals surface area contributed by atoms with E-state index in [1.807, 2.05) is 13.8 Å². The maximum Gasteiger partial charge on any atom is 0.253 e. The highest BCUT2D eigenvalue weighted by molar-refractivity contribution is 6.34. The molecule has 1 aromatic rings. The average Bonchev–Trinajstić information content (AvgIpc) is 2.24. The highest BCUT2D eigenvalue weighted by Gasteiger charge is 2.17. The van der Waals surface area contributed by atoms with Crippen molar-refractivity contribution in [2.45, 2.75) is 19.9 Å². The Kier molecular flexibility index (Phi) is 4.78. The van der Waals surface area contributed by atoms with Crippen LogP contribution in [0.2, 0.25) is 5.02 Å². The van der Waals surface area contributed by atoms with Crippen LogP contribution in [-0.4, -0.2) is 23.7 Å². The van der Waals surface area contributed by atoms with Gasteiger partial charge in [-0.1, -0.05) is 25.4 Å².